The number of hydrogen-bond acceptors (Lipinski definition) is 2. The van der Waals surface area contributed by atoms with Crippen molar-refractivity contribution in [1.82, 2.24) is 5.32 Å². The SMILES string of the molecule is C#CCCCNCC1CCSCC1. The number of terminal acetylenes is 1. The summed E-state index contributed by atoms with van der Waals surface area (Å²) in [5.41, 5.74) is 0. The number of nitrogens with one attached hydrogen (secondary N) is 1. The van der Waals surface area contributed by atoms with Gasteiger partial charge in [0.1, 0.15) is 0 Å². The quantitative estimate of drug-likeness (QED) is 0.535. The Morgan fingerprint density at radius 3 is 2.85 bits per heavy atom. The van der Waals surface area contributed by atoms with E-state index in [1.165, 1.54) is 30.9 Å². The van der Waals surface area contributed by atoms with E-state index in [1.54, 1.807) is 0 Å². The molecule has 2 heteroatoms. The largest absolute Gasteiger partial charge is 0.316 e. The van der Waals surface area contributed by atoms with Crippen molar-refractivity contribution in [2.75, 3.05) is 24.6 Å². The first-order valence-corrected chi connectivity index (χ1v) is 6.31. The van der Waals surface area contributed by atoms with Gasteiger partial charge in [0.15, 0.2) is 0 Å². The molecule has 0 bridgehead atoms. The van der Waals surface area contributed by atoms with Crippen molar-refractivity contribution in [2.45, 2.75) is 25.7 Å². The van der Waals surface area contributed by atoms with Gasteiger partial charge in [-0.05, 0) is 49.8 Å². The zero-order chi connectivity index (χ0) is 9.36. The summed E-state index contributed by atoms with van der Waals surface area (Å²) in [6.07, 6.45) is 10.00. The van der Waals surface area contributed by atoms with Gasteiger partial charge < -0.3 is 5.32 Å². The van der Waals surface area contributed by atoms with Gasteiger partial charge in [0.2, 0.25) is 0 Å². The fourth-order valence-electron chi connectivity index (χ4n) is 1.57. The molecule has 1 heterocycles. The van der Waals surface area contributed by atoms with Gasteiger partial charge in [-0.15, -0.1) is 12.3 Å². The molecule has 0 spiro atoms. The smallest absolute Gasteiger partial charge is 0.00981 e. The van der Waals surface area contributed by atoms with Crippen LogP contribution in [0.5, 0.6) is 0 Å². The van der Waals surface area contributed by atoms with Crippen LogP contribution in [0.15, 0.2) is 0 Å². The number of unbranched alkanes of at least 4 members (excludes halogenated alkanes) is 1. The molecule has 1 aliphatic heterocycles. The highest BCUT2D eigenvalue weighted by molar-refractivity contribution is 7.99. The Bertz CT molecular complexity index is 156. The van der Waals surface area contributed by atoms with Crippen LogP contribution in [0.4, 0.5) is 0 Å². The Morgan fingerprint density at radius 1 is 1.38 bits per heavy atom. The summed E-state index contributed by atoms with van der Waals surface area (Å²) in [4.78, 5) is 0. The molecule has 74 valence electrons. The van der Waals surface area contributed by atoms with E-state index in [0.717, 1.165) is 25.3 Å². The van der Waals surface area contributed by atoms with E-state index in [-0.39, 0.29) is 0 Å². The van der Waals surface area contributed by atoms with E-state index in [2.05, 4.69) is 23.0 Å². The van der Waals surface area contributed by atoms with Crippen molar-refractivity contribution in [3.8, 4) is 12.3 Å². The van der Waals surface area contributed by atoms with Crippen LogP contribution >= 0.6 is 11.8 Å². The van der Waals surface area contributed by atoms with E-state index < -0.39 is 0 Å². The van der Waals surface area contributed by atoms with E-state index in [0.29, 0.717) is 0 Å². The van der Waals surface area contributed by atoms with E-state index in [1.807, 2.05) is 0 Å². The summed E-state index contributed by atoms with van der Waals surface area (Å²) < 4.78 is 0. The summed E-state index contributed by atoms with van der Waals surface area (Å²) in [5.74, 6) is 6.30. The van der Waals surface area contributed by atoms with Crippen molar-refractivity contribution in [2.24, 2.45) is 5.92 Å². The Balaban J connectivity index is 1.90. The van der Waals surface area contributed by atoms with Gasteiger partial charge in [-0.25, -0.2) is 0 Å². The van der Waals surface area contributed by atoms with E-state index >= 15 is 0 Å². The van der Waals surface area contributed by atoms with Gasteiger partial charge in [-0.1, -0.05) is 0 Å². The van der Waals surface area contributed by atoms with Crippen molar-refractivity contribution >= 4 is 11.8 Å². The van der Waals surface area contributed by atoms with Crippen molar-refractivity contribution < 1.29 is 0 Å². The molecule has 0 aliphatic carbocycles. The fourth-order valence-corrected chi connectivity index (χ4v) is 2.78. The Morgan fingerprint density at radius 2 is 2.15 bits per heavy atom. The third-order valence-corrected chi connectivity index (χ3v) is 3.50. The second-order valence-corrected chi connectivity index (χ2v) is 4.79. The number of hydrogen-bond donors (Lipinski definition) is 1. The van der Waals surface area contributed by atoms with Crippen LogP contribution < -0.4 is 5.32 Å². The summed E-state index contributed by atoms with van der Waals surface area (Å²) >= 11 is 2.09. The van der Waals surface area contributed by atoms with E-state index in [9.17, 15) is 0 Å². The molecule has 1 aliphatic rings. The molecule has 0 unspecified atom stereocenters. The van der Waals surface area contributed by atoms with Crippen LogP contribution in [0.1, 0.15) is 25.7 Å². The average molecular weight is 197 g/mol. The molecule has 0 aromatic rings. The Labute approximate surface area is 86.1 Å². The van der Waals surface area contributed by atoms with Crippen LogP contribution in [0.2, 0.25) is 0 Å². The number of thioether (sulfide) groups is 1. The van der Waals surface area contributed by atoms with Gasteiger partial charge >= 0.3 is 0 Å². The first-order valence-electron chi connectivity index (χ1n) is 5.15. The van der Waals surface area contributed by atoms with Gasteiger partial charge in [0, 0.05) is 6.42 Å². The van der Waals surface area contributed by atoms with Crippen LogP contribution in [-0.2, 0) is 0 Å². The molecule has 1 saturated heterocycles. The van der Waals surface area contributed by atoms with Gasteiger partial charge in [0.25, 0.3) is 0 Å². The molecule has 1 fully saturated rings. The maximum absolute atomic E-state index is 5.17. The Hall–Kier alpha value is -0.130. The zero-order valence-electron chi connectivity index (χ0n) is 8.22. The average Bonchev–Trinajstić information content (AvgIpc) is 2.19. The zero-order valence-corrected chi connectivity index (χ0v) is 9.04. The summed E-state index contributed by atoms with van der Waals surface area (Å²) in [6.45, 7) is 2.29. The molecule has 1 nitrogen and oxygen atoms in total. The third kappa shape index (κ3) is 5.23. The van der Waals surface area contributed by atoms with Gasteiger partial charge in [-0.2, -0.15) is 11.8 Å². The highest BCUT2D eigenvalue weighted by Gasteiger charge is 2.12. The van der Waals surface area contributed by atoms with Gasteiger partial charge in [-0.3, -0.25) is 0 Å². The maximum atomic E-state index is 5.17. The molecule has 0 radical (unpaired) electrons. The lowest BCUT2D eigenvalue weighted by atomic mass is 10.0. The first-order chi connectivity index (χ1) is 6.43. The molecular weight excluding hydrogens is 178 g/mol. The normalized spacial score (nSPS) is 18.4. The van der Waals surface area contributed by atoms with E-state index in [4.69, 9.17) is 6.42 Å². The minimum absolute atomic E-state index is 0.910. The molecule has 0 saturated carbocycles. The minimum Gasteiger partial charge on any atom is -0.316 e. The molecule has 13 heavy (non-hydrogen) atoms. The number of rotatable bonds is 5. The predicted octanol–water partition coefficient (Wildman–Crippen LogP) is 2.13. The monoisotopic (exact) mass is 197 g/mol. The Kier molecular flexibility index (Phi) is 6.14. The molecule has 0 atom stereocenters. The van der Waals surface area contributed by atoms with Crippen LogP contribution in [0, 0.1) is 18.3 Å². The highest BCUT2D eigenvalue weighted by Crippen LogP contribution is 2.21. The molecule has 0 amide bonds. The van der Waals surface area contributed by atoms with Crippen LogP contribution in [0.25, 0.3) is 0 Å². The minimum atomic E-state index is 0.910. The van der Waals surface area contributed by atoms with Crippen molar-refractivity contribution in [3.05, 3.63) is 0 Å². The summed E-state index contributed by atoms with van der Waals surface area (Å²) in [6, 6.07) is 0. The third-order valence-electron chi connectivity index (χ3n) is 2.45. The summed E-state index contributed by atoms with van der Waals surface area (Å²) in [7, 11) is 0. The highest BCUT2D eigenvalue weighted by atomic mass is 32.2. The second-order valence-electron chi connectivity index (χ2n) is 3.57. The maximum Gasteiger partial charge on any atom is 0.00981 e. The van der Waals surface area contributed by atoms with Crippen LogP contribution in [0.3, 0.4) is 0 Å². The lowest BCUT2D eigenvalue weighted by Gasteiger charge is -2.21. The molecule has 1 rings (SSSR count). The molecule has 1 N–H and O–H groups in total. The van der Waals surface area contributed by atoms with Crippen LogP contribution in [-0.4, -0.2) is 24.6 Å². The fraction of sp³-hybridized carbons (Fsp3) is 0.818. The lowest BCUT2D eigenvalue weighted by molar-refractivity contribution is 0.447. The van der Waals surface area contributed by atoms with Crippen molar-refractivity contribution in [1.29, 1.82) is 0 Å². The predicted molar refractivity (Wildman–Crippen MR) is 61.0 cm³/mol. The standard InChI is InChI=1S/C11H19NS/c1-2-3-4-7-12-10-11-5-8-13-9-6-11/h1,11-12H,3-10H2. The summed E-state index contributed by atoms with van der Waals surface area (Å²) in [5, 5.41) is 3.49. The molecular formula is C11H19NS. The topological polar surface area (TPSA) is 12.0 Å². The first kappa shape index (κ1) is 10.9. The van der Waals surface area contributed by atoms with Crippen molar-refractivity contribution in [3.63, 3.8) is 0 Å². The van der Waals surface area contributed by atoms with Gasteiger partial charge in [0.05, 0.1) is 0 Å². The second kappa shape index (κ2) is 7.29. The molecule has 0 aromatic heterocycles. The molecule has 0 aromatic carbocycles. The lowest BCUT2D eigenvalue weighted by Crippen LogP contribution is -2.26.